The van der Waals surface area contributed by atoms with Gasteiger partial charge in [0.25, 0.3) is 10.2 Å². The van der Waals surface area contributed by atoms with Gasteiger partial charge >= 0.3 is 0 Å². The summed E-state index contributed by atoms with van der Waals surface area (Å²) in [5.74, 6) is 0.494. The second kappa shape index (κ2) is 6.93. The van der Waals surface area contributed by atoms with Gasteiger partial charge in [-0.1, -0.05) is 20.8 Å². The fourth-order valence-corrected chi connectivity index (χ4v) is 6.22. The summed E-state index contributed by atoms with van der Waals surface area (Å²) >= 11 is 0. The first-order valence-corrected chi connectivity index (χ1v) is 8.77. The van der Waals surface area contributed by atoms with Gasteiger partial charge in [0.2, 0.25) is 0 Å². The molecule has 2 aliphatic rings. The van der Waals surface area contributed by atoms with Crippen molar-refractivity contribution in [1.82, 2.24) is 0 Å². The average Bonchev–Trinajstić information content (AvgIpc) is 2.41. The van der Waals surface area contributed by atoms with Gasteiger partial charge in [-0.2, -0.15) is 0 Å². The van der Waals surface area contributed by atoms with Crippen molar-refractivity contribution in [1.29, 1.82) is 0 Å². The third-order valence-corrected chi connectivity index (χ3v) is 5.83. The van der Waals surface area contributed by atoms with Crippen molar-refractivity contribution in [3.63, 3.8) is 0 Å². The van der Waals surface area contributed by atoms with Gasteiger partial charge in [0.15, 0.2) is 0 Å². The highest BCUT2D eigenvalue weighted by Crippen LogP contribution is 2.63. The van der Waals surface area contributed by atoms with E-state index in [0.29, 0.717) is 18.9 Å². The fourth-order valence-electron chi connectivity index (χ4n) is 6.22. The second-order valence-corrected chi connectivity index (χ2v) is 9.04. The van der Waals surface area contributed by atoms with Crippen molar-refractivity contribution in [2.75, 3.05) is 13.2 Å². The van der Waals surface area contributed by atoms with Crippen molar-refractivity contribution in [2.24, 2.45) is 27.9 Å². The Morgan fingerprint density at radius 2 is 1.84 bits per heavy atom. The minimum atomic E-state index is -0.949. The summed E-state index contributed by atoms with van der Waals surface area (Å²) in [6.45, 7) is 6.77. The van der Waals surface area contributed by atoms with Crippen LogP contribution >= 0.6 is 0 Å². The van der Waals surface area contributed by atoms with Crippen LogP contribution in [-0.4, -0.2) is 29.4 Å². The van der Waals surface area contributed by atoms with Crippen LogP contribution in [0, 0.1) is 42.4 Å². The predicted molar refractivity (Wildman–Crippen MR) is 89.4 cm³/mol. The zero-order valence-corrected chi connectivity index (χ0v) is 15.2. The number of fused-ring (bicyclic) bond motifs is 2. The number of hydrogen-bond donors (Lipinski definition) is 1. The van der Waals surface area contributed by atoms with Crippen LogP contribution in [0.25, 0.3) is 0 Å². The zero-order chi connectivity index (χ0) is 18.9. The van der Waals surface area contributed by atoms with Gasteiger partial charge in [-0.15, -0.1) is 20.2 Å². The van der Waals surface area contributed by atoms with Gasteiger partial charge in [0.1, 0.15) is 12.7 Å². The summed E-state index contributed by atoms with van der Waals surface area (Å²) in [6, 6.07) is 0. The van der Waals surface area contributed by atoms with Gasteiger partial charge in [-0.05, 0) is 67.2 Å². The van der Waals surface area contributed by atoms with E-state index in [1.165, 1.54) is 0 Å². The maximum absolute atomic E-state index is 10.8. The minimum Gasteiger partial charge on any atom is -0.330 e. The predicted octanol–water partition coefficient (Wildman–Crippen LogP) is 2.73. The third kappa shape index (κ3) is 4.93. The molecule has 0 spiro atoms. The Hall–Kier alpha value is -1.64. The standard InChI is InChI=1S/C16H29N3O6/c1-12-4-14(2)8-15(3,11-17)10-16(5-12,9-14)6-13(25-19(22)23)7-24-18(20)21/h12-13H,4-11,17H2,1-3H3. The number of nitrogens with two attached hydrogens (primary N) is 1. The van der Waals surface area contributed by atoms with E-state index in [0.717, 1.165) is 32.1 Å². The first kappa shape index (κ1) is 19.7. The van der Waals surface area contributed by atoms with Gasteiger partial charge in [-0.25, -0.2) is 0 Å². The first-order chi connectivity index (χ1) is 11.5. The molecule has 9 nitrogen and oxygen atoms in total. The number of nitrogens with zero attached hydrogens (tertiary/aromatic N) is 2. The Kier molecular flexibility index (Phi) is 5.46. The third-order valence-electron chi connectivity index (χ3n) is 5.83. The topological polar surface area (TPSA) is 131 Å². The van der Waals surface area contributed by atoms with Gasteiger partial charge < -0.3 is 15.4 Å². The van der Waals surface area contributed by atoms with Crippen LogP contribution in [0.3, 0.4) is 0 Å². The lowest BCUT2D eigenvalue weighted by molar-refractivity contribution is -0.790. The summed E-state index contributed by atoms with van der Waals surface area (Å²) in [5, 5.41) is 19.5. The van der Waals surface area contributed by atoms with E-state index in [1.807, 2.05) is 0 Å². The van der Waals surface area contributed by atoms with Crippen LogP contribution in [0.5, 0.6) is 0 Å². The molecular weight excluding hydrogens is 330 g/mol. The molecule has 25 heavy (non-hydrogen) atoms. The van der Waals surface area contributed by atoms with Crippen LogP contribution in [0.4, 0.5) is 0 Å². The van der Waals surface area contributed by atoms with Crippen LogP contribution in [0.2, 0.25) is 0 Å². The van der Waals surface area contributed by atoms with Crippen LogP contribution < -0.4 is 5.73 Å². The van der Waals surface area contributed by atoms with Crippen LogP contribution in [0.1, 0.15) is 59.3 Å². The van der Waals surface area contributed by atoms with Gasteiger partial charge in [-0.3, -0.25) is 0 Å². The molecule has 2 N–H and O–H groups in total. The maximum atomic E-state index is 10.8. The van der Waals surface area contributed by atoms with Crippen molar-refractivity contribution in [3.8, 4) is 0 Å². The van der Waals surface area contributed by atoms with E-state index in [2.05, 4.69) is 25.6 Å². The molecule has 2 bridgehead atoms. The minimum absolute atomic E-state index is 0.0315. The molecule has 2 saturated carbocycles. The van der Waals surface area contributed by atoms with Crippen molar-refractivity contribution < 1.29 is 19.8 Å². The molecule has 9 heteroatoms. The largest absolute Gasteiger partial charge is 0.330 e. The highest BCUT2D eigenvalue weighted by atomic mass is 17.0. The highest BCUT2D eigenvalue weighted by Gasteiger charge is 2.54. The molecule has 0 aliphatic heterocycles. The molecule has 144 valence electrons. The second-order valence-electron chi connectivity index (χ2n) is 9.04. The molecule has 0 aromatic heterocycles. The molecule has 0 saturated heterocycles. The lowest BCUT2D eigenvalue weighted by atomic mass is 9.46. The highest BCUT2D eigenvalue weighted by molar-refractivity contribution is 5.05. The summed E-state index contributed by atoms with van der Waals surface area (Å²) < 4.78 is 0. The van der Waals surface area contributed by atoms with E-state index in [9.17, 15) is 20.2 Å². The van der Waals surface area contributed by atoms with Crippen LogP contribution in [0.15, 0.2) is 0 Å². The molecule has 2 fully saturated rings. The Morgan fingerprint density at radius 1 is 1.16 bits per heavy atom. The van der Waals surface area contributed by atoms with E-state index >= 15 is 0 Å². The monoisotopic (exact) mass is 359 g/mol. The van der Waals surface area contributed by atoms with Crippen molar-refractivity contribution >= 4 is 0 Å². The van der Waals surface area contributed by atoms with Crippen LogP contribution in [-0.2, 0) is 9.68 Å². The zero-order valence-electron chi connectivity index (χ0n) is 15.2. The Morgan fingerprint density at radius 3 is 2.40 bits per heavy atom. The molecule has 0 heterocycles. The summed E-state index contributed by atoms with van der Waals surface area (Å²) in [6.07, 6.45) is 4.29. The maximum Gasteiger partial charge on any atom is 0.294 e. The molecule has 0 amide bonds. The molecule has 0 aromatic rings. The molecule has 2 rings (SSSR count). The molecule has 0 radical (unpaired) electrons. The Bertz CT molecular complexity index is 532. The first-order valence-electron chi connectivity index (χ1n) is 8.77. The number of rotatable bonds is 8. The average molecular weight is 359 g/mol. The Balaban J connectivity index is 2.24. The quantitative estimate of drug-likeness (QED) is 0.520. The van der Waals surface area contributed by atoms with E-state index in [-0.39, 0.29) is 16.2 Å². The normalized spacial score (nSPS) is 38.6. The SMILES string of the molecule is CC1CC2(C)CC(C)(CN)CC(CC(CO[N+](=O)[O-])O[N+](=O)[O-])(C1)C2. The molecular formula is C16H29N3O6. The van der Waals surface area contributed by atoms with Gasteiger partial charge in [0, 0.05) is 0 Å². The summed E-state index contributed by atoms with van der Waals surface area (Å²) in [4.78, 5) is 30.4. The van der Waals surface area contributed by atoms with E-state index < -0.39 is 22.9 Å². The fraction of sp³-hybridized carbons (Fsp3) is 1.00. The molecule has 2 aliphatic carbocycles. The van der Waals surface area contributed by atoms with E-state index in [1.54, 1.807) is 0 Å². The summed E-state index contributed by atoms with van der Waals surface area (Å²) in [7, 11) is 0. The lowest BCUT2D eigenvalue weighted by Crippen LogP contribution is -2.52. The molecule has 0 aromatic carbocycles. The number of hydrogen-bond acceptors (Lipinski definition) is 7. The van der Waals surface area contributed by atoms with E-state index in [4.69, 9.17) is 10.6 Å². The smallest absolute Gasteiger partial charge is 0.294 e. The van der Waals surface area contributed by atoms with Crippen molar-refractivity contribution in [2.45, 2.75) is 65.4 Å². The van der Waals surface area contributed by atoms with Crippen molar-refractivity contribution in [3.05, 3.63) is 20.2 Å². The lowest BCUT2D eigenvalue weighted by Gasteiger charge is -2.59. The molecule has 5 atom stereocenters. The van der Waals surface area contributed by atoms with Gasteiger partial charge in [0.05, 0.1) is 0 Å². The summed E-state index contributed by atoms with van der Waals surface area (Å²) in [5.41, 5.74) is 5.98. The molecule has 5 unspecified atom stereocenters. The Labute approximate surface area is 147 Å².